The average Bonchev–Trinajstić information content (AvgIpc) is 3.34. The Labute approximate surface area is 202 Å². The predicted octanol–water partition coefficient (Wildman–Crippen LogP) is -1.23. The number of carbonyl (C=O) groups excluding carboxylic acids is 3. The first-order valence-electron chi connectivity index (χ1n) is 11.4. The summed E-state index contributed by atoms with van der Waals surface area (Å²) in [7, 11) is 0. The molecular weight excluding hydrogens is 460 g/mol. The molecule has 0 radical (unpaired) electrons. The lowest BCUT2D eigenvalue weighted by molar-refractivity contribution is -0.144. The van der Waals surface area contributed by atoms with Gasteiger partial charge in [-0.05, 0) is 38.3 Å². The molecule has 0 bridgehead atoms. The van der Waals surface area contributed by atoms with Crippen LogP contribution in [-0.4, -0.2) is 81.8 Å². The lowest BCUT2D eigenvalue weighted by Gasteiger charge is -2.26. The Morgan fingerprint density at radius 1 is 1.00 bits per heavy atom. The van der Waals surface area contributed by atoms with Gasteiger partial charge in [0.15, 0.2) is 0 Å². The number of aliphatic carboxylic acids is 2. The summed E-state index contributed by atoms with van der Waals surface area (Å²) < 4.78 is 0. The van der Waals surface area contributed by atoms with Crippen LogP contribution in [0.3, 0.4) is 0 Å². The van der Waals surface area contributed by atoms with Crippen molar-refractivity contribution in [3.63, 3.8) is 0 Å². The number of hydrogen-bond acceptors (Lipinski definition) is 7. The molecule has 5 atom stereocenters. The van der Waals surface area contributed by atoms with E-state index in [4.69, 9.17) is 5.11 Å². The molecule has 12 heteroatoms. The number of rotatable bonds is 13. The monoisotopic (exact) mass is 492 g/mol. The fourth-order valence-electron chi connectivity index (χ4n) is 3.69. The molecule has 1 heterocycles. The van der Waals surface area contributed by atoms with Gasteiger partial charge in [-0.3, -0.25) is 19.2 Å². The van der Waals surface area contributed by atoms with Gasteiger partial charge in [-0.25, -0.2) is 4.79 Å². The molecule has 1 fully saturated rings. The Bertz CT molecular complexity index is 902. The van der Waals surface area contributed by atoms with E-state index < -0.39 is 60.4 Å². The second-order valence-electron chi connectivity index (χ2n) is 8.46. The van der Waals surface area contributed by atoms with Crippen LogP contribution in [0.5, 0.6) is 0 Å². The van der Waals surface area contributed by atoms with Crippen molar-refractivity contribution >= 4 is 29.7 Å². The van der Waals surface area contributed by atoms with E-state index in [0.717, 1.165) is 12.0 Å². The SMILES string of the molecule is C[C@@H](O)[C@H](NC(=O)[C@H](Cc1ccccc1)NC(=O)[C@@H]1CCCN1)C(=O)N[C@@H](CCC(=O)O)C(=O)O. The van der Waals surface area contributed by atoms with E-state index in [1.54, 1.807) is 30.3 Å². The Kier molecular flexibility index (Phi) is 10.6. The summed E-state index contributed by atoms with van der Waals surface area (Å²) in [6.07, 6.45) is -0.712. The van der Waals surface area contributed by atoms with Crippen LogP contribution in [0, 0.1) is 0 Å². The average molecular weight is 493 g/mol. The molecular formula is C23H32N4O8. The minimum absolute atomic E-state index is 0.121. The van der Waals surface area contributed by atoms with Crippen molar-refractivity contribution in [3.05, 3.63) is 35.9 Å². The lowest BCUT2D eigenvalue weighted by atomic mass is 10.0. The van der Waals surface area contributed by atoms with Crippen LogP contribution in [-0.2, 0) is 30.4 Å². The molecule has 3 amide bonds. The van der Waals surface area contributed by atoms with Crippen molar-refractivity contribution in [1.82, 2.24) is 21.3 Å². The summed E-state index contributed by atoms with van der Waals surface area (Å²) in [6, 6.07) is 4.35. The third kappa shape index (κ3) is 8.98. The van der Waals surface area contributed by atoms with Gasteiger partial charge in [0.1, 0.15) is 18.1 Å². The van der Waals surface area contributed by atoms with Gasteiger partial charge >= 0.3 is 11.9 Å². The van der Waals surface area contributed by atoms with Gasteiger partial charge in [-0.15, -0.1) is 0 Å². The zero-order valence-electron chi connectivity index (χ0n) is 19.4. The molecule has 7 N–H and O–H groups in total. The maximum atomic E-state index is 13.1. The van der Waals surface area contributed by atoms with Crippen molar-refractivity contribution < 1.29 is 39.3 Å². The summed E-state index contributed by atoms with van der Waals surface area (Å²) in [6.45, 7) is 1.93. The number of aliphatic hydroxyl groups excluding tert-OH is 1. The maximum absolute atomic E-state index is 13.1. The topological polar surface area (TPSA) is 194 Å². The van der Waals surface area contributed by atoms with Crippen LogP contribution >= 0.6 is 0 Å². The molecule has 0 saturated carbocycles. The molecule has 1 aromatic rings. The Balaban J connectivity index is 2.14. The van der Waals surface area contributed by atoms with Crippen LogP contribution in [0.25, 0.3) is 0 Å². The second-order valence-corrected chi connectivity index (χ2v) is 8.46. The molecule has 0 unspecified atom stereocenters. The third-order valence-electron chi connectivity index (χ3n) is 5.62. The first kappa shape index (κ1) is 27.7. The summed E-state index contributed by atoms with van der Waals surface area (Å²) in [5, 5.41) is 38.5. The fraction of sp³-hybridized carbons (Fsp3) is 0.522. The normalized spacial score (nSPS) is 18.5. The van der Waals surface area contributed by atoms with Crippen molar-refractivity contribution in [2.75, 3.05) is 6.54 Å². The fourth-order valence-corrected chi connectivity index (χ4v) is 3.69. The second kappa shape index (κ2) is 13.4. The third-order valence-corrected chi connectivity index (χ3v) is 5.62. The Hall–Kier alpha value is -3.51. The molecule has 0 spiro atoms. The first-order valence-corrected chi connectivity index (χ1v) is 11.4. The van der Waals surface area contributed by atoms with Crippen molar-refractivity contribution in [2.24, 2.45) is 0 Å². The Morgan fingerprint density at radius 2 is 1.69 bits per heavy atom. The van der Waals surface area contributed by atoms with Crippen molar-refractivity contribution in [1.29, 1.82) is 0 Å². The van der Waals surface area contributed by atoms with E-state index in [-0.39, 0.29) is 18.7 Å². The molecule has 1 aromatic carbocycles. The largest absolute Gasteiger partial charge is 0.481 e. The van der Waals surface area contributed by atoms with Gasteiger partial charge in [-0.2, -0.15) is 0 Å². The Morgan fingerprint density at radius 3 is 2.23 bits per heavy atom. The molecule has 12 nitrogen and oxygen atoms in total. The standard InChI is InChI=1S/C23H32N4O8/c1-13(28)19(22(33)25-16(23(34)35)9-10-18(29)30)27-21(32)17(12-14-6-3-2-4-7-14)26-20(31)15-8-5-11-24-15/h2-4,6-7,13,15-17,19,24,28H,5,8-12H2,1H3,(H,25,33)(H,26,31)(H,27,32)(H,29,30)(H,34,35)/t13-,15+,16+,17+,19+/m1/s1. The highest BCUT2D eigenvalue weighted by atomic mass is 16.4. The zero-order chi connectivity index (χ0) is 26.0. The summed E-state index contributed by atoms with van der Waals surface area (Å²) >= 11 is 0. The number of carboxylic acids is 2. The van der Waals surface area contributed by atoms with Crippen molar-refractivity contribution in [3.8, 4) is 0 Å². The first-order chi connectivity index (χ1) is 16.6. The van der Waals surface area contributed by atoms with E-state index >= 15 is 0 Å². The minimum Gasteiger partial charge on any atom is -0.481 e. The highest BCUT2D eigenvalue weighted by Gasteiger charge is 2.33. The molecule has 1 aliphatic heterocycles. The van der Waals surface area contributed by atoms with Gasteiger partial charge in [0.25, 0.3) is 0 Å². The van der Waals surface area contributed by atoms with Gasteiger partial charge in [0.05, 0.1) is 12.1 Å². The predicted molar refractivity (Wildman–Crippen MR) is 123 cm³/mol. The van der Waals surface area contributed by atoms with Crippen LogP contribution in [0.2, 0.25) is 0 Å². The number of carboxylic acid groups (broad SMARTS) is 2. The molecule has 2 rings (SSSR count). The van der Waals surface area contributed by atoms with E-state index in [0.29, 0.717) is 13.0 Å². The number of nitrogens with one attached hydrogen (secondary N) is 4. The molecule has 0 aliphatic carbocycles. The van der Waals surface area contributed by atoms with Crippen molar-refractivity contribution in [2.45, 2.75) is 69.3 Å². The van der Waals surface area contributed by atoms with E-state index in [2.05, 4.69) is 21.3 Å². The lowest BCUT2D eigenvalue weighted by Crippen LogP contribution is -2.60. The molecule has 35 heavy (non-hydrogen) atoms. The molecule has 192 valence electrons. The van der Waals surface area contributed by atoms with Crippen LogP contribution in [0.1, 0.15) is 38.2 Å². The van der Waals surface area contributed by atoms with Gasteiger partial charge in [0, 0.05) is 12.8 Å². The van der Waals surface area contributed by atoms with Crippen LogP contribution < -0.4 is 21.3 Å². The number of benzene rings is 1. The summed E-state index contributed by atoms with van der Waals surface area (Å²) in [5.74, 6) is -4.78. The smallest absolute Gasteiger partial charge is 0.326 e. The number of aliphatic hydroxyl groups is 1. The summed E-state index contributed by atoms with van der Waals surface area (Å²) in [4.78, 5) is 60.7. The van der Waals surface area contributed by atoms with E-state index in [1.807, 2.05) is 0 Å². The number of hydrogen-bond donors (Lipinski definition) is 7. The summed E-state index contributed by atoms with van der Waals surface area (Å²) in [5.41, 5.74) is 0.755. The van der Waals surface area contributed by atoms with E-state index in [9.17, 15) is 34.2 Å². The highest BCUT2D eigenvalue weighted by Crippen LogP contribution is 2.09. The van der Waals surface area contributed by atoms with Crippen LogP contribution in [0.4, 0.5) is 0 Å². The van der Waals surface area contributed by atoms with Gasteiger partial charge < -0.3 is 36.6 Å². The zero-order valence-corrected chi connectivity index (χ0v) is 19.4. The quantitative estimate of drug-likeness (QED) is 0.176. The van der Waals surface area contributed by atoms with Gasteiger partial charge in [-0.1, -0.05) is 30.3 Å². The number of carbonyl (C=O) groups is 5. The highest BCUT2D eigenvalue weighted by molar-refractivity contribution is 5.94. The maximum Gasteiger partial charge on any atom is 0.326 e. The van der Waals surface area contributed by atoms with Gasteiger partial charge in [0.2, 0.25) is 17.7 Å². The minimum atomic E-state index is -1.53. The molecule has 1 aliphatic rings. The van der Waals surface area contributed by atoms with Crippen LogP contribution in [0.15, 0.2) is 30.3 Å². The number of amides is 3. The van der Waals surface area contributed by atoms with E-state index in [1.165, 1.54) is 6.92 Å². The molecule has 1 saturated heterocycles. The molecule has 0 aromatic heterocycles.